The van der Waals surface area contributed by atoms with E-state index in [0.29, 0.717) is 13.2 Å². The summed E-state index contributed by atoms with van der Waals surface area (Å²) in [5.41, 5.74) is 2.21. The maximum Gasteiger partial charge on any atom is 0.255 e. The molecule has 1 heterocycles. The van der Waals surface area contributed by atoms with E-state index in [1.165, 1.54) is 0 Å². The van der Waals surface area contributed by atoms with Gasteiger partial charge in [-0.05, 0) is 14.1 Å². The number of aromatic nitrogens is 2. The van der Waals surface area contributed by atoms with Crippen molar-refractivity contribution < 1.29 is 9.13 Å². The first-order valence-electron chi connectivity index (χ1n) is 4.40. The Hall–Kier alpha value is -1.47. The first kappa shape index (κ1) is 11.6. The Morgan fingerprint density at radius 1 is 1.60 bits per heavy atom. The Morgan fingerprint density at radius 2 is 2.33 bits per heavy atom. The average Bonchev–Trinajstić information content (AvgIpc) is 2.20. The number of nitrogens with one attached hydrogen (secondary N) is 1. The smallest absolute Gasteiger partial charge is 0.255 e. The third-order valence-corrected chi connectivity index (χ3v) is 1.62. The monoisotopic (exact) mass is 215 g/mol. The number of nitrogens with zero attached hydrogens (tertiary/aromatic N) is 3. The lowest BCUT2D eigenvalue weighted by molar-refractivity contribution is 0.243. The van der Waals surface area contributed by atoms with Crippen LogP contribution < -0.4 is 16.0 Å². The van der Waals surface area contributed by atoms with Crippen molar-refractivity contribution >= 4 is 5.95 Å². The largest absolute Gasteiger partial charge is 0.474 e. The van der Waals surface area contributed by atoms with Crippen molar-refractivity contribution in [2.24, 2.45) is 5.84 Å². The van der Waals surface area contributed by atoms with Gasteiger partial charge in [0.05, 0.1) is 6.20 Å². The molecule has 0 fully saturated rings. The van der Waals surface area contributed by atoms with Crippen molar-refractivity contribution in [1.82, 2.24) is 14.9 Å². The summed E-state index contributed by atoms with van der Waals surface area (Å²) in [4.78, 5) is 9.23. The van der Waals surface area contributed by atoms with Gasteiger partial charge in [-0.3, -0.25) is 5.43 Å². The van der Waals surface area contributed by atoms with E-state index in [-0.39, 0.29) is 11.8 Å². The summed E-state index contributed by atoms with van der Waals surface area (Å²) in [5, 5.41) is 0. The Morgan fingerprint density at radius 3 is 2.93 bits per heavy atom. The molecule has 15 heavy (non-hydrogen) atoms. The number of nitrogens with two attached hydrogens (primary N) is 1. The summed E-state index contributed by atoms with van der Waals surface area (Å²) in [6.07, 6.45) is 1.01. The molecule has 0 bridgehead atoms. The van der Waals surface area contributed by atoms with Gasteiger partial charge in [-0.1, -0.05) is 0 Å². The Kier molecular flexibility index (Phi) is 4.19. The van der Waals surface area contributed by atoms with Gasteiger partial charge in [0.25, 0.3) is 5.88 Å². The molecule has 3 N–H and O–H groups in total. The summed E-state index contributed by atoms with van der Waals surface area (Å²) in [6, 6.07) is 0. The molecule has 0 radical (unpaired) electrons. The van der Waals surface area contributed by atoms with E-state index >= 15 is 0 Å². The molecule has 0 atom stereocenters. The van der Waals surface area contributed by atoms with Gasteiger partial charge in [0.1, 0.15) is 6.61 Å². The maximum absolute atomic E-state index is 13.1. The number of halogens is 1. The fourth-order valence-electron chi connectivity index (χ4n) is 0.847. The zero-order chi connectivity index (χ0) is 11.3. The molecular weight excluding hydrogens is 201 g/mol. The average molecular weight is 215 g/mol. The SMILES string of the molecule is CN(C)CCOc1nc(NN)ncc1F. The number of nitrogen functional groups attached to an aromatic ring is 1. The van der Waals surface area contributed by atoms with Crippen molar-refractivity contribution in [3.63, 3.8) is 0 Å². The number of anilines is 1. The maximum atomic E-state index is 13.1. The highest BCUT2D eigenvalue weighted by atomic mass is 19.1. The molecule has 84 valence electrons. The second-order valence-electron chi connectivity index (χ2n) is 3.14. The number of ether oxygens (including phenoxy) is 1. The van der Waals surface area contributed by atoms with Gasteiger partial charge in [-0.15, -0.1) is 0 Å². The molecule has 6 nitrogen and oxygen atoms in total. The minimum absolute atomic E-state index is 0.0974. The standard InChI is InChI=1S/C8H14FN5O/c1-14(2)3-4-15-7-6(9)5-11-8(12-7)13-10/h5H,3-4,10H2,1-2H3,(H,11,12,13). The van der Waals surface area contributed by atoms with E-state index in [1.807, 2.05) is 19.0 Å². The fraction of sp³-hybridized carbons (Fsp3) is 0.500. The summed E-state index contributed by atoms with van der Waals surface area (Å²) in [7, 11) is 3.79. The third kappa shape index (κ3) is 3.64. The minimum atomic E-state index is -0.604. The predicted octanol–water partition coefficient (Wildman–Crippen LogP) is -0.158. The van der Waals surface area contributed by atoms with Crippen LogP contribution in [-0.4, -0.2) is 42.1 Å². The summed E-state index contributed by atoms with van der Waals surface area (Å²) in [6.45, 7) is 1.03. The van der Waals surface area contributed by atoms with Gasteiger partial charge in [0.15, 0.2) is 0 Å². The lowest BCUT2D eigenvalue weighted by Gasteiger charge is -2.10. The fourth-order valence-corrected chi connectivity index (χ4v) is 0.847. The number of likely N-dealkylation sites (N-methyl/N-ethyl adjacent to an activating group) is 1. The molecule has 0 spiro atoms. The Labute approximate surface area is 87.2 Å². The van der Waals surface area contributed by atoms with Crippen molar-refractivity contribution in [3.05, 3.63) is 12.0 Å². The van der Waals surface area contributed by atoms with Crippen LogP contribution in [0.5, 0.6) is 5.88 Å². The van der Waals surface area contributed by atoms with E-state index < -0.39 is 5.82 Å². The van der Waals surface area contributed by atoms with Crippen LogP contribution in [0, 0.1) is 5.82 Å². The first-order chi connectivity index (χ1) is 7.13. The van der Waals surface area contributed by atoms with E-state index in [0.717, 1.165) is 6.20 Å². The van der Waals surface area contributed by atoms with Crippen LogP contribution in [0.25, 0.3) is 0 Å². The van der Waals surface area contributed by atoms with Crippen LogP contribution in [0.3, 0.4) is 0 Å². The van der Waals surface area contributed by atoms with Gasteiger partial charge in [0, 0.05) is 6.54 Å². The zero-order valence-electron chi connectivity index (χ0n) is 8.70. The summed E-state index contributed by atoms with van der Waals surface area (Å²) < 4.78 is 18.2. The Bertz CT molecular complexity index is 320. The van der Waals surface area contributed by atoms with Crippen LogP contribution in [0.4, 0.5) is 10.3 Å². The van der Waals surface area contributed by atoms with Crippen LogP contribution in [-0.2, 0) is 0 Å². The molecule has 0 saturated carbocycles. The topological polar surface area (TPSA) is 76.3 Å². The van der Waals surface area contributed by atoms with Crippen molar-refractivity contribution in [2.75, 3.05) is 32.7 Å². The molecule has 0 saturated heterocycles. The molecule has 1 aromatic rings. The molecule has 0 amide bonds. The molecule has 1 aromatic heterocycles. The lowest BCUT2D eigenvalue weighted by atomic mass is 10.6. The molecular formula is C8H14FN5O. The van der Waals surface area contributed by atoms with E-state index in [1.54, 1.807) is 0 Å². The summed E-state index contributed by atoms with van der Waals surface area (Å²) in [5.74, 6) is 4.50. The van der Waals surface area contributed by atoms with Crippen LogP contribution in [0.2, 0.25) is 0 Å². The van der Waals surface area contributed by atoms with Gasteiger partial charge in [-0.25, -0.2) is 10.8 Å². The van der Waals surface area contributed by atoms with E-state index in [9.17, 15) is 4.39 Å². The van der Waals surface area contributed by atoms with Crippen LogP contribution in [0.1, 0.15) is 0 Å². The lowest BCUT2D eigenvalue weighted by Crippen LogP contribution is -2.20. The second-order valence-corrected chi connectivity index (χ2v) is 3.14. The molecule has 0 unspecified atom stereocenters. The van der Waals surface area contributed by atoms with E-state index in [4.69, 9.17) is 10.6 Å². The molecule has 0 aliphatic heterocycles. The Balaban J connectivity index is 2.59. The molecule has 7 heteroatoms. The summed E-state index contributed by atoms with van der Waals surface area (Å²) >= 11 is 0. The van der Waals surface area contributed by atoms with Crippen molar-refractivity contribution in [2.45, 2.75) is 0 Å². The molecule has 1 rings (SSSR count). The zero-order valence-corrected chi connectivity index (χ0v) is 8.70. The molecule has 0 aliphatic carbocycles. The van der Waals surface area contributed by atoms with Crippen LogP contribution >= 0.6 is 0 Å². The van der Waals surface area contributed by atoms with Gasteiger partial charge in [0.2, 0.25) is 11.8 Å². The van der Waals surface area contributed by atoms with Crippen LogP contribution in [0.15, 0.2) is 6.20 Å². The third-order valence-electron chi connectivity index (χ3n) is 1.62. The number of hydrogen-bond acceptors (Lipinski definition) is 6. The molecule has 0 aliphatic rings. The van der Waals surface area contributed by atoms with Crippen molar-refractivity contribution in [3.8, 4) is 5.88 Å². The van der Waals surface area contributed by atoms with Crippen molar-refractivity contribution in [1.29, 1.82) is 0 Å². The number of hydrazine groups is 1. The van der Waals surface area contributed by atoms with Gasteiger partial charge in [-0.2, -0.15) is 9.37 Å². The normalized spacial score (nSPS) is 10.5. The number of rotatable bonds is 5. The minimum Gasteiger partial charge on any atom is -0.474 e. The number of hydrogen-bond donors (Lipinski definition) is 2. The van der Waals surface area contributed by atoms with E-state index in [2.05, 4.69) is 15.4 Å². The highest BCUT2D eigenvalue weighted by Crippen LogP contribution is 2.13. The van der Waals surface area contributed by atoms with Gasteiger partial charge < -0.3 is 9.64 Å². The van der Waals surface area contributed by atoms with Gasteiger partial charge >= 0.3 is 0 Å². The molecule has 0 aromatic carbocycles. The highest BCUT2D eigenvalue weighted by Gasteiger charge is 2.07. The predicted molar refractivity (Wildman–Crippen MR) is 53.8 cm³/mol. The first-order valence-corrected chi connectivity index (χ1v) is 4.40. The quantitative estimate of drug-likeness (QED) is 0.525. The second kappa shape index (κ2) is 5.42. The highest BCUT2D eigenvalue weighted by molar-refractivity contribution is 5.26.